The van der Waals surface area contributed by atoms with E-state index < -0.39 is 0 Å². The standard InChI is InChI=1S/C22H19N3/c1-2-6-18(7-3-1)14-21-15-23-17-25(21)16-19-9-11-20(12-10-19)22-8-4-5-13-24-22/h1-13,15,17H,14,16H2. The molecule has 4 aromatic rings. The smallest absolute Gasteiger partial charge is 0.0951 e. The second-order valence-electron chi connectivity index (χ2n) is 6.09. The molecule has 0 atom stereocenters. The molecule has 2 aromatic heterocycles. The largest absolute Gasteiger partial charge is 0.330 e. The number of benzene rings is 2. The molecule has 0 bridgehead atoms. The molecular formula is C22H19N3. The lowest BCUT2D eigenvalue weighted by molar-refractivity contribution is 0.753. The Hall–Kier alpha value is -3.20. The Morgan fingerprint density at radius 2 is 1.56 bits per heavy atom. The monoisotopic (exact) mass is 325 g/mol. The molecule has 0 saturated carbocycles. The molecule has 0 N–H and O–H groups in total. The van der Waals surface area contributed by atoms with Crippen molar-refractivity contribution in [3.8, 4) is 11.3 Å². The molecule has 3 nitrogen and oxygen atoms in total. The number of nitrogens with zero attached hydrogens (tertiary/aromatic N) is 3. The highest BCUT2D eigenvalue weighted by Gasteiger charge is 2.05. The third kappa shape index (κ3) is 3.66. The van der Waals surface area contributed by atoms with Crippen molar-refractivity contribution in [1.29, 1.82) is 0 Å². The zero-order chi connectivity index (χ0) is 16.9. The van der Waals surface area contributed by atoms with Crippen molar-refractivity contribution in [3.63, 3.8) is 0 Å². The van der Waals surface area contributed by atoms with E-state index in [-0.39, 0.29) is 0 Å². The molecule has 0 amide bonds. The summed E-state index contributed by atoms with van der Waals surface area (Å²) in [5.74, 6) is 0. The summed E-state index contributed by atoms with van der Waals surface area (Å²) in [7, 11) is 0. The van der Waals surface area contributed by atoms with Gasteiger partial charge in [-0.1, -0.05) is 60.7 Å². The number of hydrogen-bond acceptors (Lipinski definition) is 2. The number of imidazole rings is 1. The van der Waals surface area contributed by atoms with Crippen molar-refractivity contribution >= 4 is 0 Å². The number of aromatic nitrogens is 3. The molecule has 2 aromatic carbocycles. The van der Waals surface area contributed by atoms with Gasteiger partial charge in [-0.25, -0.2) is 4.98 Å². The molecule has 0 aliphatic carbocycles. The van der Waals surface area contributed by atoms with Gasteiger partial charge in [-0.05, 0) is 23.3 Å². The Bertz CT molecular complexity index is 926. The Labute approximate surface area is 147 Å². The van der Waals surface area contributed by atoms with Crippen molar-refractivity contribution in [3.05, 3.63) is 108 Å². The van der Waals surface area contributed by atoms with Crippen molar-refractivity contribution < 1.29 is 0 Å². The van der Waals surface area contributed by atoms with Gasteiger partial charge in [0.1, 0.15) is 0 Å². The zero-order valence-corrected chi connectivity index (χ0v) is 13.9. The van der Waals surface area contributed by atoms with Crippen LogP contribution in [-0.4, -0.2) is 14.5 Å². The van der Waals surface area contributed by atoms with Crippen LogP contribution in [0.15, 0.2) is 91.5 Å². The van der Waals surface area contributed by atoms with Gasteiger partial charge in [-0.15, -0.1) is 0 Å². The van der Waals surface area contributed by atoms with Gasteiger partial charge < -0.3 is 4.57 Å². The van der Waals surface area contributed by atoms with E-state index in [9.17, 15) is 0 Å². The lowest BCUT2D eigenvalue weighted by Crippen LogP contribution is -2.04. The van der Waals surface area contributed by atoms with Gasteiger partial charge in [0.25, 0.3) is 0 Å². The molecule has 0 aliphatic rings. The van der Waals surface area contributed by atoms with E-state index in [4.69, 9.17) is 0 Å². The minimum Gasteiger partial charge on any atom is -0.330 e. The molecule has 0 aliphatic heterocycles. The fourth-order valence-electron chi connectivity index (χ4n) is 2.95. The molecule has 122 valence electrons. The van der Waals surface area contributed by atoms with E-state index in [1.165, 1.54) is 16.8 Å². The van der Waals surface area contributed by atoms with Crippen LogP contribution in [-0.2, 0) is 13.0 Å². The number of hydrogen-bond donors (Lipinski definition) is 0. The molecule has 2 heterocycles. The van der Waals surface area contributed by atoms with Gasteiger partial charge in [0.05, 0.1) is 12.0 Å². The van der Waals surface area contributed by atoms with Crippen LogP contribution < -0.4 is 0 Å². The third-order valence-corrected chi connectivity index (χ3v) is 4.29. The van der Waals surface area contributed by atoms with Gasteiger partial charge in [-0.3, -0.25) is 4.98 Å². The van der Waals surface area contributed by atoms with Gasteiger partial charge in [0.2, 0.25) is 0 Å². The fraction of sp³-hybridized carbons (Fsp3) is 0.0909. The van der Waals surface area contributed by atoms with Crippen molar-refractivity contribution in [2.45, 2.75) is 13.0 Å². The summed E-state index contributed by atoms with van der Waals surface area (Å²) in [4.78, 5) is 8.73. The van der Waals surface area contributed by atoms with Crippen LogP contribution in [0.2, 0.25) is 0 Å². The Morgan fingerprint density at radius 3 is 2.32 bits per heavy atom. The highest BCUT2D eigenvalue weighted by atomic mass is 15.0. The van der Waals surface area contributed by atoms with Crippen LogP contribution in [0.1, 0.15) is 16.8 Å². The SMILES string of the molecule is c1ccc(Cc2cncn2Cc2ccc(-c3ccccn3)cc2)cc1. The summed E-state index contributed by atoms with van der Waals surface area (Å²) in [5.41, 5.74) is 5.92. The number of rotatable bonds is 5. The first-order chi connectivity index (χ1) is 12.4. The maximum Gasteiger partial charge on any atom is 0.0951 e. The van der Waals surface area contributed by atoms with Crippen LogP contribution in [0.4, 0.5) is 0 Å². The second-order valence-corrected chi connectivity index (χ2v) is 6.09. The van der Waals surface area contributed by atoms with E-state index in [0.29, 0.717) is 0 Å². The highest BCUT2D eigenvalue weighted by Crippen LogP contribution is 2.18. The average Bonchev–Trinajstić information content (AvgIpc) is 3.10. The summed E-state index contributed by atoms with van der Waals surface area (Å²) in [5, 5.41) is 0. The minimum absolute atomic E-state index is 0.824. The first-order valence-corrected chi connectivity index (χ1v) is 8.42. The maximum atomic E-state index is 4.40. The summed E-state index contributed by atoms with van der Waals surface area (Å²) < 4.78 is 2.21. The molecule has 3 heteroatoms. The molecule has 0 saturated heterocycles. The topological polar surface area (TPSA) is 30.7 Å². The van der Waals surface area contributed by atoms with Crippen molar-refractivity contribution in [2.75, 3.05) is 0 Å². The predicted octanol–water partition coefficient (Wildman–Crippen LogP) is 4.58. The van der Waals surface area contributed by atoms with Crippen LogP contribution in [0.5, 0.6) is 0 Å². The summed E-state index contributed by atoms with van der Waals surface area (Å²) in [6, 6.07) is 25.1. The highest BCUT2D eigenvalue weighted by molar-refractivity contribution is 5.59. The summed E-state index contributed by atoms with van der Waals surface area (Å²) >= 11 is 0. The van der Waals surface area contributed by atoms with Gasteiger partial charge >= 0.3 is 0 Å². The Kier molecular flexibility index (Phi) is 4.38. The lowest BCUT2D eigenvalue weighted by atomic mass is 10.1. The van der Waals surface area contributed by atoms with Gasteiger partial charge in [0.15, 0.2) is 0 Å². The van der Waals surface area contributed by atoms with Crippen LogP contribution in [0.3, 0.4) is 0 Å². The number of pyridine rings is 1. The van der Waals surface area contributed by atoms with E-state index >= 15 is 0 Å². The van der Waals surface area contributed by atoms with E-state index in [1.807, 2.05) is 43.0 Å². The Balaban J connectivity index is 1.51. The lowest BCUT2D eigenvalue weighted by Gasteiger charge is -2.09. The zero-order valence-electron chi connectivity index (χ0n) is 13.9. The normalized spacial score (nSPS) is 10.7. The molecule has 0 unspecified atom stereocenters. The molecule has 0 fully saturated rings. The van der Waals surface area contributed by atoms with Crippen LogP contribution >= 0.6 is 0 Å². The van der Waals surface area contributed by atoms with E-state index in [1.54, 1.807) is 0 Å². The average molecular weight is 325 g/mol. The summed E-state index contributed by atoms with van der Waals surface area (Å²) in [6.45, 7) is 0.824. The predicted molar refractivity (Wildman–Crippen MR) is 100 cm³/mol. The molecule has 25 heavy (non-hydrogen) atoms. The van der Waals surface area contributed by atoms with Gasteiger partial charge in [-0.2, -0.15) is 0 Å². The van der Waals surface area contributed by atoms with Crippen molar-refractivity contribution in [1.82, 2.24) is 14.5 Å². The Morgan fingerprint density at radius 1 is 0.760 bits per heavy atom. The van der Waals surface area contributed by atoms with Crippen LogP contribution in [0.25, 0.3) is 11.3 Å². The second kappa shape index (κ2) is 7.14. The first kappa shape index (κ1) is 15.3. The fourth-order valence-corrected chi connectivity index (χ4v) is 2.95. The quantitative estimate of drug-likeness (QED) is 0.537. The van der Waals surface area contributed by atoms with Gasteiger partial charge in [0, 0.05) is 36.6 Å². The molecule has 0 spiro atoms. The summed E-state index contributed by atoms with van der Waals surface area (Å²) in [6.07, 6.45) is 6.58. The molecule has 0 radical (unpaired) electrons. The van der Waals surface area contributed by atoms with E-state index in [2.05, 4.69) is 63.1 Å². The molecule has 4 rings (SSSR count). The third-order valence-electron chi connectivity index (χ3n) is 4.29. The van der Waals surface area contributed by atoms with E-state index in [0.717, 1.165) is 24.2 Å². The molecular weight excluding hydrogens is 306 g/mol. The first-order valence-electron chi connectivity index (χ1n) is 8.42. The maximum absolute atomic E-state index is 4.40. The minimum atomic E-state index is 0.824. The van der Waals surface area contributed by atoms with Crippen molar-refractivity contribution in [2.24, 2.45) is 0 Å². The van der Waals surface area contributed by atoms with Crippen LogP contribution in [0, 0.1) is 0 Å².